The monoisotopic (exact) mass is 338 g/mol. The summed E-state index contributed by atoms with van der Waals surface area (Å²) in [6.07, 6.45) is 8.82. The highest BCUT2D eigenvalue weighted by atomic mass is 15.1. The molecule has 4 aromatic heterocycles. The van der Waals surface area contributed by atoms with Gasteiger partial charge in [-0.25, -0.2) is 0 Å². The number of H-pyrrole nitrogens is 1. The lowest BCUT2D eigenvalue weighted by Gasteiger charge is -2.06. The van der Waals surface area contributed by atoms with Crippen molar-refractivity contribution in [3.8, 4) is 22.4 Å². The minimum Gasteiger partial charge on any atom is -0.397 e. The number of nitrogens with one attached hydrogen (secondary N) is 1. The summed E-state index contributed by atoms with van der Waals surface area (Å²) in [5.74, 6) is 0. The van der Waals surface area contributed by atoms with E-state index in [9.17, 15) is 0 Å². The van der Waals surface area contributed by atoms with Crippen molar-refractivity contribution >= 4 is 27.5 Å². The summed E-state index contributed by atoms with van der Waals surface area (Å²) >= 11 is 0. The number of hydrogen-bond donors (Lipinski definition) is 2. The average Bonchev–Trinajstić information content (AvgIpc) is 3.13. The van der Waals surface area contributed by atoms with Crippen LogP contribution in [0.25, 0.3) is 44.2 Å². The first kappa shape index (κ1) is 14.5. The molecule has 26 heavy (non-hydrogen) atoms. The van der Waals surface area contributed by atoms with E-state index in [1.807, 2.05) is 30.5 Å². The highest BCUT2D eigenvalue weighted by molar-refractivity contribution is 6.11. The van der Waals surface area contributed by atoms with E-state index in [4.69, 9.17) is 5.73 Å². The van der Waals surface area contributed by atoms with E-state index in [2.05, 4.69) is 37.3 Å². The van der Waals surface area contributed by atoms with Gasteiger partial charge in [0.1, 0.15) is 5.69 Å². The van der Waals surface area contributed by atoms with Gasteiger partial charge in [-0.3, -0.25) is 20.1 Å². The molecule has 0 atom stereocenters. The molecule has 124 valence electrons. The second-order valence-electron chi connectivity index (χ2n) is 6.10. The van der Waals surface area contributed by atoms with E-state index in [0.29, 0.717) is 5.69 Å². The van der Waals surface area contributed by atoms with Crippen LogP contribution in [0.2, 0.25) is 0 Å². The fraction of sp³-hybridized carbons (Fsp3) is 0. The molecule has 0 fully saturated rings. The Hall–Kier alpha value is -3.80. The van der Waals surface area contributed by atoms with Crippen LogP contribution in [0, 0.1) is 0 Å². The van der Waals surface area contributed by atoms with Gasteiger partial charge in [0.15, 0.2) is 0 Å². The highest BCUT2D eigenvalue weighted by Gasteiger charge is 2.14. The zero-order valence-corrected chi connectivity index (χ0v) is 13.7. The minimum atomic E-state index is 0.605. The molecule has 5 rings (SSSR count). The van der Waals surface area contributed by atoms with Crippen molar-refractivity contribution in [2.45, 2.75) is 0 Å². The van der Waals surface area contributed by atoms with Crippen molar-refractivity contribution in [3.63, 3.8) is 0 Å². The molecule has 3 N–H and O–H groups in total. The van der Waals surface area contributed by atoms with Crippen LogP contribution in [0.3, 0.4) is 0 Å². The standard InChI is InChI=1S/C20H14N6/c21-15-6-14(9-23-10-15)20-19-16-7-12(13-2-1-5-22-8-13)3-4-17(16)24-11-18(19)25-26-20/h1-11H,21H2,(H,25,26). The second kappa shape index (κ2) is 5.63. The Balaban J connectivity index is 1.82. The minimum absolute atomic E-state index is 0.605. The number of nitrogens with two attached hydrogens (primary N) is 1. The van der Waals surface area contributed by atoms with Crippen LogP contribution in [-0.4, -0.2) is 25.1 Å². The lowest BCUT2D eigenvalue weighted by molar-refractivity contribution is 1.12. The van der Waals surface area contributed by atoms with E-state index in [1.165, 1.54) is 0 Å². The van der Waals surface area contributed by atoms with Crippen LogP contribution < -0.4 is 5.73 Å². The van der Waals surface area contributed by atoms with E-state index in [1.54, 1.807) is 24.8 Å². The Labute approximate surface area is 148 Å². The van der Waals surface area contributed by atoms with Gasteiger partial charge in [0.2, 0.25) is 0 Å². The van der Waals surface area contributed by atoms with E-state index >= 15 is 0 Å². The summed E-state index contributed by atoms with van der Waals surface area (Å²) in [6.45, 7) is 0. The molecule has 0 amide bonds. The number of aromatic nitrogens is 5. The van der Waals surface area contributed by atoms with Gasteiger partial charge in [0, 0.05) is 46.7 Å². The first-order valence-electron chi connectivity index (χ1n) is 8.18. The van der Waals surface area contributed by atoms with Crippen molar-refractivity contribution in [1.29, 1.82) is 0 Å². The maximum absolute atomic E-state index is 5.90. The van der Waals surface area contributed by atoms with Crippen LogP contribution in [0.5, 0.6) is 0 Å². The number of pyridine rings is 3. The third kappa shape index (κ3) is 2.28. The quantitative estimate of drug-likeness (QED) is 0.510. The maximum Gasteiger partial charge on any atom is 0.102 e. The number of fused-ring (bicyclic) bond motifs is 3. The molecule has 0 radical (unpaired) electrons. The summed E-state index contributed by atoms with van der Waals surface area (Å²) in [4.78, 5) is 12.9. The summed E-state index contributed by atoms with van der Waals surface area (Å²) in [5, 5.41) is 9.58. The van der Waals surface area contributed by atoms with Crippen LogP contribution in [0.4, 0.5) is 5.69 Å². The second-order valence-corrected chi connectivity index (χ2v) is 6.10. The zero-order chi connectivity index (χ0) is 17.5. The zero-order valence-electron chi connectivity index (χ0n) is 13.7. The largest absolute Gasteiger partial charge is 0.397 e. The molecular weight excluding hydrogens is 324 g/mol. The Morgan fingerprint density at radius 1 is 0.846 bits per heavy atom. The smallest absolute Gasteiger partial charge is 0.102 e. The summed E-state index contributed by atoms with van der Waals surface area (Å²) in [7, 11) is 0. The van der Waals surface area contributed by atoms with Crippen LogP contribution >= 0.6 is 0 Å². The van der Waals surface area contributed by atoms with Gasteiger partial charge in [-0.05, 0) is 29.8 Å². The molecule has 0 aliphatic carbocycles. The third-order valence-corrected chi connectivity index (χ3v) is 4.42. The van der Waals surface area contributed by atoms with Crippen molar-refractivity contribution in [3.05, 3.63) is 67.4 Å². The normalized spacial score (nSPS) is 11.2. The number of rotatable bonds is 2. The van der Waals surface area contributed by atoms with Gasteiger partial charge in [-0.2, -0.15) is 5.10 Å². The van der Waals surface area contributed by atoms with E-state index < -0.39 is 0 Å². The number of aromatic amines is 1. The summed E-state index contributed by atoms with van der Waals surface area (Å²) in [6, 6.07) is 12.0. The topological polar surface area (TPSA) is 93.4 Å². The van der Waals surface area contributed by atoms with Gasteiger partial charge < -0.3 is 5.73 Å². The molecule has 6 heteroatoms. The SMILES string of the molecule is Nc1cncc(-c2n[nH]c3cnc4ccc(-c5cccnc5)cc4c23)c1. The molecular formula is C20H14N6. The number of nitrogens with zero attached hydrogens (tertiary/aromatic N) is 4. The summed E-state index contributed by atoms with van der Waals surface area (Å²) < 4.78 is 0. The molecule has 0 aliphatic rings. The highest BCUT2D eigenvalue weighted by Crippen LogP contribution is 2.34. The van der Waals surface area contributed by atoms with Crippen molar-refractivity contribution in [2.75, 3.05) is 5.73 Å². The Kier molecular flexibility index (Phi) is 3.15. The molecule has 0 aliphatic heterocycles. The maximum atomic E-state index is 5.90. The molecule has 0 unspecified atom stereocenters. The fourth-order valence-corrected chi connectivity index (χ4v) is 3.21. The molecule has 0 bridgehead atoms. The molecule has 0 saturated heterocycles. The van der Waals surface area contributed by atoms with Gasteiger partial charge in [0.05, 0.1) is 22.9 Å². The fourth-order valence-electron chi connectivity index (χ4n) is 3.21. The Morgan fingerprint density at radius 3 is 2.62 bits per heavy atom. The van der Waals surface area contributed by atoms with E-state index in [-0.39, 0.29) is 0 Å². The molecule has 0 saturated carbocycles. The molecule has 4 heterocycles. The molecule has 1 aromatic carbocycles. The van der Waals surface area contributed by atoms with Crippen LogP contribution in [0.15, 0.2) is 67.4 Å². The molecule has 0 spiro atoms. The van der Waals surface area contributed by atoms with Crippen LogP contribution in [-0.2, 0) is 0 Å². The Bertz CT molecular complexity index is 1240. The van der Waals surface area contributed by atoms with Crippen LogP contribution in [0.1, 0.15) is 0 Å². The predicted octanol–water partition coefficient (Wildman–Crippen LogP) is 3.82. The number of benzene rings is 1. The lowest BCUT2D eigenvalue weighted by Crippen LogP contribution is -1.89. The Morgan fingerprint density at radius 2 is 1.77 bits per heavy atom. The van der Waals surface area contributed by atoms with E-state index in [0.717, 1.165) is 44.2 Å². The van der Waals surface area contributed by atoms with Crippen molar-refractivity contribution in [2.24, 2.45) is 0 Å². The first-order chi connectivity index (χ1) is 12.8. The van der Waals surface area contributed by atoms with Gasteiger partial charge in [-0.15, -0.1) is 0 Å². The van der Waals surface area contributed by atoms with Crippen molar-refractivity contribution in [1.82, 2.24) is 25.1 Å². The van der Waals surface area contributed by atoms with Gasteiger partial charge in [0.25, 0.3) is 0 Å². The summed E-state index contributed by atoms with van der Waals surface area (Å²) in [5.41, 5.74) is 12.1. The number of anilines is 1. The van der Waals surface area contributed by atoms with Gasteiger partial charge >= 0.3 is 0 Å². The average molecular weight is 338 g/mol. The predicted molar refractivity (Wildman–Crippen MR) is 102 cm³/mol. The van der Waals surface area contributed by atoms with Gasteiger partial charge in [-0.1, -0.05) is 12.1 Å². The first-order valence-corrected chi connectivity index (χ1v) is 8.18. The molecule has 5 aromatic rings. The number of hydrogen-bond acceptors (Lipinski definition) is 5. The third-order valence-electron chi connectivity index (χ3n) is 4.42. The number of nitrogen functional groups attached to an aromatic ring is 1. The van der Waals surface area contributed by atoms with Crippen molar-refractivity contribution < 1.29 is 0 Å². The lowest BCUT2D eigenvalue weighted by atomic mass is 10.0. The molecule has 6 nitrogen and oxygen atoms in total.